The van der Waals surface area contributed by atoms with Crippen LogP contribution in [-0.2, 0) is 4.84 Å². The zero-order valence-corrected chi connectivity index (χ0v) is 13.3. The van der Waals surface area contributed by atoms with Crippen LogP contribution < -0.4 is 20.7 Å². The lowest BCUT2D eigenvalue weighted by Crippen LogP contribution is -2.31. The van der Waals surface area contributed by atoms with Gasteiger partial charge in [-0.2, -0.15) is 5.06 Å². The number of aromatic nitrogens is 3. The minimum absolute atomic E-state index is 0.617. The molecule has 2 rings (SSSR count). The Balaban J connectivity index is 2.04. The summed E-state index contributed by atoms with van der Waals surface area (Å²) in [4.78, 5) is 17.8. The number of H-pyrrole nitrogens is 1. The highest BCUT2D eigenvalue weighted by Gasteiger charge is 2.24. The van der Waals surface area contributed by atoms with Crippen LogP contribution in [0.25, 0.3) is 0 Å². The Hall–Kier alpha value is -1.63. The van der Waals surface area contributed by atoms with Crippen molar-refractivity contribution in [2.75, 3.05) is 42.4 Å². The van der Waals surface area contributed by atoms with E-state index in [0.29, 0.717) is 23.8 Å². The molecule has 0 radical (unpaired) electrons. The number of hydrogen-bond acceptors (Lipinski definition) is 6. The van der Waals surface area contributed by atoms with E-state index in [-0.39, 0.29) is 0 Å². The maximum Gasteiger partial charge on any atom is 0.351 e. The van der Waals surface area contributed by atoms with Gasteiger partial charge in [-0.25, -0.2) is 9.82 Å². The molecular formula is C14H27N6O+. The van der Waals surface area contributed by atoms with Crippen LogP contribution in [0, 0.1) is 5.92 Å². The van der Waals surface area contributed by atoms with Gasteiger partial charge < -0.3 is 10.6 Å². The first kappa shape index (κ1) is 15.8. The average Bonchev–Trinajstić information content (AvgIpc) is 3.32. The Bertz CT molecular complexity index is 411. The van der Waals surface area contributed by atoms with Crippen LogP contribution >= 0.6 is 0 Å². The zero-order valence-electron chi connectivity index (χ0n) is 13.3. The van der Waals surface area contributed by atoms with E-state index in [4.69, 9.17) is 4.84 Å². The number of rotatable bonds is 10. The van der Waals surface area contributed by atoms with Crippen LogP contribution in [0.5, 0.6) is 0 Å². The van der Waals surface area contributed by atoms with Crippen LogP contribution in [0.2, 0.25) is 0 Å². The van der Waals surface area contributed by atoms with Crippen molar-refractivity contribution < 1.29 is 9.82 Å². The molecule has 21 heavy (non-hydrogen) atoms. The van der Waals surface area contributed by atoms with Crippen molar-refractivity contribution in [3.05, 3.63) is 0 Å². The number of nitrogens with one attached hydrogen (secondary N) is 3. The zero-order chi connectivity index (χ0) is 15.1. The third-order valence-corrected chi connectivity index (χ3v) is 3.23. The van der Waals surface area contributed by atoms with Gasteiger partial charge in [0.05, 0.1) is 13.7 Å². The first-order valence-corrected chi connectivity index (χ1v) is 7.88. The van der Waals surface area contributed by atoms with Gasteiger partial charge in [-0.1, -0.05) is 23.8 Å². The van der Waals surface area contributed by atoms with Crippen molar-refractivity contribution >= 4 is 17.8 Å². The van der Waals surface area contributed by atoms with Crippen LogP contribution in [0.3, 0.4) is 0 Å². The Morgan fingerprint density at radius 1 is 1.19 bits per heavy atom. The summed E-state index contributed by atoms with van der Waals surface area (Å²) < 4.78 is 0. The first-order chi connectivity index (χ1) is 10.2. The predicted molar refractivity (Wildman–Crippen MR) is 83.2 cm³/mol. The van der Waals surface area contributed by atoms with Crippen LogP contribution in [-0.4, -0.2) is 36.7 Å². The minimum atomic E-state index is 0.617. The van der Waals surface area contributed by atoms with Gasteiger partial charge >= 0.3 is 17.8 Å². The number of hydrogen-bond donors (Lipinski definition) is 2. The summed E-state index contributed by atoms with van der Waals surface area (Å²) in [6.07, 6.45) is 4.61. The Labute approximate surface area is 126 Å². The fraction of sp³-hybridized carbons (Fsp3) is 0.786. The number of anilines is 3. The molecule has 0 amide bonds. The van der Waals surface area contributed by atoms with E-state index >= 15 is 0 Å². The fourth-order valence-corrected chi connectivity index (χ4v) is 1.75. The lowest BCUT2D eigenvalue weighted by Gasteiger charge is -2.13. The van der Waals surface area contributed by atoms with E-state index < -0.39 is 0 Å². The highest BCUT2D eigenvalue weighted by Crippen LogP contribution is 2.29. The fourth-order valence-electron chi connectivity index (χ4n) is 1.75. The van der Waals surface area contributed by atoms with Crippen molar-refractivity contribution in [1.82, 2.24) is 9.97 Å². The molecule has 7 nitrogen and oxygen atoms in total. The molecule has 1 saturated carbocycles. The molecule has 0 bridgehead atoms. The lowest BCUT2D eigenvalue weighted by atomic mass is 10.5. The van der Waals surface area contributed by atoms with E-state index in [1.165, 1.54) is 12.8 Å². The SMILES string of the molecule is CCCNc1nc(NCCC)[nH+]c(N(C)OCC2CC2)n1. The average molecular weight is 295 g/mol. The molecule has 1 aliphatic carbocycles. The summed E-state index contributed by atoms with van der Waals surface area (Å²) >= 11 is 0. The van der Waals surface area contributed by atoms with E-state index in [1.807, 2.05) is 7.05 Å². The quantitative estimate of drug-likeness (QED) is 0.640. The molecule has 0 aliphatic heterocycles. The van der Waals surface area contributed by atoms with Gasteiger partial charge in [-0.15, -0.1) is 0 Å². The third kappa shape index (κ3) is 5.34. The maximum atomic E-state index is 5.73. The molecule has 0 atom stereocenters. The smallest absolute Gasteiger partial charge is 0.337 e. The Kier molecular flexibility index (Phi) is 5.98. The van der Waals surface area contributed by atoms with Gasteiger partial charge in [0.2, 0.25) is 0 Å². The predicted octanol–water partition coefficient (Wildman–Crippen LogP) is 1.71. The second-order valence-electron chi connectivity index (χ2n) is 5.43. The van der Waals surface area contributed by atoms with Crippen LogP contribution in [0.4, 0.5) is 17.8 Å². The summed E-state index contributed by atoms with van der Waals surface area (Å²) in [6, 6.07) is 0. The molecule has 0 spiro atoms. The number of hydroxylamine groups is 1. The summed E-state index contributed by atoms with van der Waals surface area (Å²) in [7, 11) is 1.87. The first-order valence-electron chi connectivity index (χ1n) is 7.88. The molecule has 118 valence electrons. The van der Waals surface area contributed by atoms with Gasteiger partial charge in [0, 0.05) is 13.1 Å². The molecule has 1 aromatic rings. The van der Waals surface area contributed by atoms with E-state index in [1.54, 1.807) is 5.06 Å². The minimum Gasteiger partial charge on any atom is -0.337 e. The van der Waals surface area contributed by atoms with E-state index in [0.717, 1.165) is 32.5 Å². The van der Waals surface area contributed by atoms with Crippen molar-refractivity contribution in [3.63, 3.8) is 0 Å². The summed E-state index contributed by atoms with van der Waals surface area (Å²) in [5.41, 5.74) is 0. The Morgan fingerprint density at radius 2 is 1.90 bits per heavy atom. The summed E-state index contributed by atoms with van der Waals surface area (Å²) in [5, 5.41) is 8.16. The van der Waals surface area contributed by atoms with Gasteiger partial charge in [-0.3, -0.25) is 0 Å². The highest BCUT2D eigenvalue weighted by molar-refractivity contribution is 5.35. The molecule has 7 heteroatoms. The third-order valence-electron chi connectivity index (χ3n) is 3.23. The maximum absolute atomic E-state index is 5.73. The van der Waals surface area contributed by atoms with E-state index in [9.17, 15) is 0 Å². The van der Waals surface area contributed by atoms with Gasteiger partial charge in [0.15, 0.2) is 0 Å². The molecule has 0 saturated heterocycles. The number of aromatic amines is 1. The topological polar surface area (TPSA) is 76.5 Å². The van der Waals surface area contributed by atoms with Crippen LogP contribution in [0.15, 0.2) is 0 Å². The van der Waals surface area contributed by atoms with Gasteiger partial charge in [0.25, 0.3) is 0 Å². The molecule has 1 aromatic heterocycles. The van der Waals surface area contributed by atoms with Crippen molar-refractivity contribution in [3.8, 4) is 0 Å². The van der Waals surface area contributed by atoms with Gasteiger partial charge in [0.1, 0.15) is 0 Å². The molecule has 0 aromatic carbocycles. The van der Waals surface area contributed by atoms with E-state index in [2.05, 4.69) is 39.4 Å². The Morgan fingerprint density at radius 3 is 2.57 bits per heavy atom. The highest BCUT2D eigenvalue weighted by atomic mass is 16.7. The largest absolute Gasteiger partial charge is 0.351 e. The second kappa shape index (κ2) is 7.97. The van der Waals surface area contributed by atoms with Crippen molar-refractivity contribution in [1.29, 1.82) is 0 Å². The summed E-state index contributed by atoms with van der Waals surface area (Å²) in [5.74, 6) is 2.70. The second-order valence-corrected chi connectivity index (χ2v) is 5.43. The molecule has 3 N–H and O–H groups in total. The molecule has 1 fully saturated rings. The monoisotopic (exact) mass is 295 g/mol. The number of nitrogens with zero attached hydrogens (tertiary/aromatic N) is 3. The molecule has 1 aliphatic rings. The van der Waals surface area contributed by atoms with Gasteiger partial charge in [-0.05, 0) is 31.6 Å². The molecule has 0 unspecified atom stereocenters. The lowest BCUT2D eigenvalue weighted by molar-refractivity contribution is -0.360. The standard InChI is InChI=1S/C14H26N6O/c1-4-8-15-12-17-13(16-9-5-2)19-14(18-12)20(3)21-10-11-6-7-11/h11H,4-10H2,1-3H3,(H2,15,16,17,18,19)/p+1. The normalized spacial score (nSPS) is 14.0. The van der Waals surface area contributed by atoms with Crippen molar-refractivity contribution in [2.45, 2.75) is 39.5 Å². The molecule has 1 heterocycles. The summed E-state index contributed by atoms with van der Waals surface area (Å²) in [6.45, 7) is 6.71. The van der Waals surface area contributed by atoms with Crippen molar-refractivity contribution in [2.24, 2.45) is 5.92 Å². The molecular weight excluding hydrogens is 268 g/mol. The van der Waals surface area contributed by atoms with Crippen LogP contribution in [0.1, 0.15) is 39.5 Å².